The Hall–Kier alpha value is -1.19. The lowest BCUT2D eigenvalue weighted by Crippen LogP contribution is -2.25. The number of benzene rings is 1. The summed E-state index contributed by atoms with van der Waals surface area (Å²) in [5.41, 5.74) is 1.24. The fourth-order valence-corrected chi connectivity index (χ4v) is 1.56. The third kappa shape index (κ3) is 1.84. The van der Waals surface area contributed by atoms with Crippen LogP contribution in [0.3, 0.4) is 0 Å². The molecule has 0 saturated carbocycles. The van der Waals surface area contributed by atoms with Crippen LogP contribution in [-0.4, -0.2) is 12.5 Å². The molecule has 0 saturated heterocycles. The smallest absolute Gasteiger partial charge is 0.265 e. The van der Waals surface area contributed by atoms with Gasteiger partial charge in [-0.05, 0) is 24.1 Å². The van der Waals surface area contributed by atoms with Crippen molar-refractivity contribution in [2.24, 2.45) is 0 Å². The Labute approximate surface area is 79.9 Å². The van der Waals surface area contributed by atoms with Crippen molar-refractivity contribution >= 4 is 5.69 Å². The van der Waals surface area contributed by atoms with Crippen molar-refractivity contribution < 1.29 is 13.2 Å². The van der Waals surface area contributed by atoms with E-state index in [9.17, 15) is 13.2 Å². The highest BCUT2D eigenvalue weighted by atomic mass is 19.3. The van der Waals surface area contributed by atoms with Crippen molar-refractivity contribution in [2.45, 2.75) is 18.8 Å². The molecule has 0 amide bonds. The second-order valence-corrected chi connectivity index (χ2v) is 3.51. The van der Waals surface area contributed by atoms with Gasteiger partial charge in [-0.2, -0.15) is 0 Å². The molecule has 0 aromatic heterocycles. The summed E-state index contributed by atoms with van der Waals surface area (Å²) < 4.78 is 38.7. The summed E-state index contributed by atoms with van der Waals surface area (Å²) in [6.07, 6.45) is 0.105. The van der Waals surface area contributed by atoms with E-state index >= 15 is 0 Å². The van der Waals surface area contributed by atoms with Crippen LogP contribution >= 0.6 is 0 Å². The lowest BCUT2D eigenvalue weighted by molar-refractivity contribution is 0.00842. The highest BCUT2D eigenvalue weighted by Crippen LogP contribution is 2.29. The van der Waals surface area contributed by atoms with Crippen LogP contribution in [0, 0.1) is 5.82 Å². The normalized spacial score (nSPS) is 19.4. The van der Waals surface area contributed by atoms with Gasteiger partial charge < -0.3 is 5.32 Å². The molecule has 14 heavy (non-hydrogen) atoms. The summed E-state index contributed by atoms with van der Waals surface area (Å²) in [5.74, 6) is -3.10. The zero-order valence-corrected chi connectivity index (χ0v) is 7.49. The highest BCUT2D eigenvalue weighted by molar-refractivity contribution is 5.52. The molecule has 1 nitrogen and oxygen atoms in total. The maximum absolute atomic E-state index is 13.0. The van der Waals surface area contributed by atoms with E-state index in [4.69, 9.17) is 0 Å². The monoisotopic (exact) mass is 201 g/mol. The molecule has 4 heteroatoms. The molecule has 1 aliphatic heterocycles. The number of hydrogen-bond acceptors (Lipinski definition) is 1. The standard InChI is InChI=1S/C10H10F3N/c11-8-2-1-7-3-4-10(12,13)6-14-9(7)5-8/h1-2,5,14H,3-4,6H2. The summed E-state index contributed by atoms with van der Waals surface area (Å²) in [4.78, 5) is 0. The molecule has 0 atom stereocenters. The van der Waals surface area contributed by atoms with Crippen molar-refractivity contribution in [1.82, 2.24) is 0 Å². The molecule has 1 aromatic carbocycles. The van der Waals surface area contributed by atoms with Crippen molar-refractivity contribution in [1.29, 1.82) is 0 Å². The number of halogens is 3. The van der Waals surface area contributed by atoms with Gasteiger partial charge in [0.25, 0.3) is 5.92 Å². The minimum atomic E-state index is -2.70. The fourth-order valence-electron chi connectivity index (χ4n) is 1.56. The molecular formula is C10H10F3N. The first-order chi connectivity index (χ1) is 6.57. The van der Waals surface area contributed by atoms with Gasteiger partial charge in [0.1, 0.15) is 5.82 Å². The Kier molecular flexibility index (Phi) is 2.13. The Morgan fingerprint density at radius 1 is 1.29 bits per heavy atom. The molecule has 1 aliphatic rings. The molecule has 0 bridgehead atoms. The largest absolute Gasteiger partial charge is 0.379 e. The van der Waals surface area contributed by atoms with Crippen LogP contribution in [0.2, 0.25) is 0 Å². The maximum Gasteiger partial charge on any atom is 0.265 e. The molecule has 0 aliphatic carbocycles. The van der Waals surface area contributed by atoms with E-state index < -0.39 is 18.3 Å². The van der Waals surface area contributed by atoms with Crippen LogP contribution in [0.15, 0.2) is 18.2 Å². The Morgan fingerprint density at radius 3 is 2.86 bits per heavy atom. The van der Waals surface area contributed by atoms with Crippen molar-refractivity contribution in [3.05, 3.63) is 29.6 Å². The predicted octanol–water partition coefficient (Wildman–Crippen LogP) is 2.82. The first kappa shape index (κ1) is 9.37. The van der Waals surface area contributed by atoms with E-state index in [2.05, 4.69) is 5.32 Å². The van der Waals surface area contributed by atoms with Gasteiger partial charge in [0.2, 0.25) is 0 Å². The van der Waals surface area contributed by atoms with E-state index in [0.29, 0.717) is 5.69 Å². The molecule has 0 radical (unpaired) electrons. The van der Waals surface area contributed by atoms with Crippen molar-refractivity contribution in [2.75, 3.05) is 11.9 Å². The van der Waals surface area contributed by atoms with Gasteiger partial charge in [0.05, 0.1) is 6.54 Å². The number of anilines is 1. The van der Waals surface area contributed by atoms with Gasteiger partial charge >= 0.3 is 0 Å². The number of alkyl halides is 2. The molecule has 1 aromatic rings. The number of nitrogens with one attached hydrogen (secondary N) is 1. The number of fused-ring (bicyclic) bond motifs is 1. The average Bonchev–Trinajstić information content (AvgIpc) is 2.26. The average molecular weight is 201 g/mol. The SMILES string of the molecule is Fc1ccc2c(c1)NCC(F)(F)CC2. The molecule has 2 rings (SSSR count). The Morgan fingerprint density at radius 2 is 2.07 bits per heavy atom. The third-order valence-corrected chi connectivity index (χ3v) is 2.37. The van der Waals surface area contributed by atoms with Crippen LogP contribution in [0.4, 0.5) is 18.9 Å². The summed E-state index contributed by atoms with van der Waals surface area (Å²) in [7, 11) is 0. The summed E-state index contributed by atoms with van der Waals surface area (Å²) in [5, 5.41) is 2.57. The molecule has 76 valence electrons. The molecule has 0 fully saturated rings. The van der Waals surface area contributed by atoms with Gasteiger partial charge in [0, 0.05) is 12.1 Å². The van der Waals surface area contributed by atoms with Gasteiger partial charge in [-0.1, -0.05) is 6.07 Å². The van der Waals surface area contributed by atoms with Gasteiger partial charge in [-0.15, -0.1) is 0 Å². The molecule has 0 unspecified atom stereocenters. The van der Waals surface area contributed by atoms with Crippen molar-refractivity contribution in [3.8, 4) is 0 Å². The van der Waals surface area contributed by atoms with Crippen LogP contribution in [0.1, 0.15) is 12.0 Å². The van der Waals surface area contributed by atoms with Crippen molar-refractivity contribution in [3.63, 3.8) is 0 Å². The third-order valence-electron chi connectivity index (χ3n) is 2.37. The molecule has 0 spiro atoms. The summed E-state index contributed by atoms with van der Waals surface area (Å²) >= 11 is 0. The van der Waals surface area contributed by atoms with Gasteiger partial charge in [-0.3, -0.25) is 0 Å². The molecule has 1 heterocycles. The quantitative estimate of drug-likeness (QED) is 0.680. The lowest BCUT2D eigenvalue weighted by Gasteiger charge is -2.12. The van der Waals surface area contributed by atoms with E-state index in [1.807, 2.05) is 0 Å². The van der Waals surface area contributed by atoms with Gasteiger partial charge in [0.15, 0.2) is 0 Å². The van der Waals surface area contributed by atoms with E-state index in [-0.39, 0.29) is 12.8 Å². The summed E-state index contributed by atoms with van der Waals surface area (Å²) in [6.45, 7) is -0.413. The topological polar surface area (TPSA) is 12.0 Å². The zero-order chi connectivity index (χ0) is 10.2. The molecular weight excluding hydrogens is 191 g/mol. The minimum absolute atomic E-state index is 0.182. The fraction of sp³-hybridized carbons (Fsp3) is 0.400. The Bertz CT molecular complexity index is 349. The Balaban J connectivity index is 2.30. The minimum Gasteiger partial charge on any atom is -0.379 e. The first-order valence-electron chi connectivity index (χ1n) is 4.47. The van der Waals surface area contributed by atoms with E-state index in [1.165, 1.54) is 12.1 Å². The van der Waals surface area contributed by atoms with Crippen LogP contribution in [0.5, 0.6) is 0 Å². The number of rotatable bonds is 0. The highest BCUT2D eigenvalue weighted by Gasteiger charge is 2.31. The summed E-state index contributed by atoms with van der Waals surface area (Å²) in [6, 6.07) is 4.11. The first-order valence-corrected chi connectivity index (χ1v) is 4.47. The maximum atomic E-state index is 13.0. The molecule has 1 N–H and O–H groups in total. The second kappa shape index (κ2) is 3.19. The lowest BCUT2D eigenvalue weighted by atomic mass is 10.1. The predicted molar refractivity (Wildman–Crippen MR) is 48.2 cm³/mol. The van der Waals surface area contributed by atoms with Crippen LogP contribution in [-0.2, 0) is 6.42 Å². The number of hydrogen-bond donors (Lipinski definition) is 1. The van der Waals surface area contributed by atoms with E-state index in [1.54, 1.807) is 6.07 Å². The van der Waals surface area contributed by atoms with Crippen LogP contribution in [0.25, 0.3) is 0 Å². The zero-order valence-electron chi connectivity index (χ0n) is 7.49. The second-order valence-electron chi connectivity index (χ2n) is 3.51. The number of aryl methyl sites for hydroxylation is 1. The van der Waals surface area contributed by atoms with Crippen LogP contribution < -0.4 is 5.32 Å². The van der Waals surface area contributed by atoms with E-state index in [0.717, 1.165) is 5.56 Å². The van der Waals surface area contributed by atoms with Gasteiger partial charge in [-0.25, -0.2) is 13.2 Å².